The van der Waals surface area contributed by atoms with Crippen molar-refractivity contribution in [2.75, 3.05) is 46.1 Å². The number of piperazine rings is 1. The smallest absolute Gasteiger partial charge is 0.231 e. The van der Waals surface area contributed by atoms with Gasteiger partial charge in [-0.25, -0.2) is 0 Å². The van der Waals surface area contributed by atoms with Gasteiger partial charge in [0.05, 0.1) is 6.61 Å². The van der Waals surface area contributed by atoms with Crippen molar-refractivity contribution in [1.82, 2.24) is 9.80 Å². The van der Waals surface area contributed by atoms with Crippen LogP contribution in [-0.2, 0) is 6.54 Å². The van der Waals surface area contributed by atoms with Gasteiger partial charge in [0.25, 0.3) is 0 Å². The van der Waals surface area contributed by atoms with E-state index in [9.17, 15) is 0 Å². The maximum Gasteiger partial charge on any atom is 0.231 e. The summed E-state index contributed by atoms with van der Waals surface area (Å²) >= 11 is 0. The van der Waals surface area contributed by atoms with E-state index in [-0.39, 0.29) is 6.61 Å². The number of β-amino-alcohol motifs (C(OH)–C–C–N with tert-alkyl or cyclic N) is 1. The number of hydrogen-bond donors (Lipinski definition) is 1. The molecule has 0 amide bonds. The topological polar surface area (TPSA) is 45.2 Å². The van der Waals surface area contributed by atoms with E-state index >= 15 is 0 Å². The Morgan fingerprint density at radius 3 is 2.63 bits per heavy atom. The molecular formula is C14H20N2O3. The zero-order chi connectivity index (χ0) is 13.1. The molecule has 1 aromatic rings. The van der Waals surface area contributed by atoms with Gasteiger partial charge in [0.15, 0.2) is 11.5 Å². The minimum atomic E-state index is 0.247. The fourth-order valence-electron chi connectivity index (χ4n) is 2.67. The Balaban J connectivity index is 1.60. The van der Waals surface area contributed by atoms with Gasteiger partial charge >= 0.3 is 0 Å². The van der Waals surface area contributed by atoms with E-state index in [2.05, 4.69) is 15.9 Å². The van der Waals surface area contributed by atoms with Crippen LogP contribution in [0.5, 0.6) is 11.5 Å². The Kier molecular flexibility index (Phi) is 3.87. The SMILES string of the molecule is OCCN1CCN(Cc2cccc3c2OCO3)CC1. The number of hydrogen-bond acceptors (Lipinski definition) is 5. The van der Waals surface area contributed by atoms with Crippen molar-refractivity contribution in [3.05, 3.63) is 23.8 Å². The standard InChI is InChI=1S/C14H20N2O3/c17-9-8-15-4-6-16(7-5-15)10-12-2-1-3-13-14(12)19-11-18-13/h1-3,17H,4-11H2. The number of benzene rings is 1. The predicted molar refractivity (Wildman–Crippen MR) is 71.4 cm³/mol. The van der Waals surface area contributed by atoms with E-state index in [4.69, 9.17) is 14.6 Å². The molecule has 5 heteroatoms. The highest BCUT2D eigenvalue weighted by Crippen LogP contribution is 2.35. The highest BCUT2D eigenvalue weighted by molar-refractivity contribution is 5.48. The van der Waals surface area contributed by atoms with Crippen LogP contribution in [0.25, 0.3) is 0 Å². The molecule has 0 spiro atoms. The molecule has 104 valence electrons. The van der Waals surface area contributed by atoms with Gasteiger partial charge in [-0.2, -0.15) is 0 Å². The summed E-state index contributed by atoms with van der Waals surface area (Å²) in [5.74, 6) is 1.76. The van der Waals surface area contributed by atoms with Crippen molar-refractivity contribution in [2.24, 2.45) is 0 Å². The fourth-order valence-corrected chi connectivity index (χ4v) is 2.67. The minimum absolute atomic E-state index is 0.247. The quantitative estimate of drug-likeness (QED) is 0.859. The largest absolute Gasteiger partial charge is 0.454 e. The zero-order valence-corrected chi connectivity index (χ0v) is 11.0. The second kappa shape index (κ2) is 5.77. The lowest BCUT2D eigenvalue weighted by atomic mass is 10.1. The van der Waals surface area contributed by atoms with Crippen LogP contribution in [-0.4, -0.2) is 61.0 Å². The second-order valence-electron chi connectivity index (χ2n) is 4.99. The number of rotatable bonds is 4. The first-order valence-electron chi connectivity index (χ1n) is 6.80. The molecule has 1 fully saturated rings. The summed E-state index contributed by atoms with van der Waals surface area (Å²) in [6.45, 7) is 6.37. The number of nitrogens with zero attached hydrogens (tertiary/aromatic N) is 2. The van der Waals surface area contributed by atoms with Crippen LogP contribution in [0.2, 0.25) is 0 Å². The van der Waals surface area contributed by atoms with Crippen LogP contribution < -0.4 is 9.47 Å². The van der Waals surface area contributed by atoms with Gasteiger partial charge in [0.2, 0.25) is 6.79 Å². The first-order chi connectivity index (χ1) is 9.36. The Labute approximate surface area is 113 Å². The zero-order valence-electron chi connectivity index (χ0n) is 11.0. The molecule has 2 aliphatic heterocycles. The normalized spacial score (nSPS) is 19.8. The molecule has 3 rings (SSSR count). The third-order valence-electron chi connectivity index (χ3n) is 3.75. The van der Waals surface area contributed by atoms with Crippen molar-refractivity contribution < 1.29 is 14.6 Å². The van der Waals surface area contributed by atoms with Crippen LogP contribution in [0, 0.1) is 0 Å². The van der Waals surface area contributed by atoms with Crippen LogP contribution in [0.15, 0.2) is 18.2 Å². The van der Waals surface area contributed by atoms with Crippen molar-refractivity contribution in [3.63, 3.8) is 0 Å². The summed E-state index contributed by atoms with van der Waals surface area (Å²) in [5, 5.41) is 8.94. The van der Waals surface area contributed by atoms with E-state index in [1.165, 1.54) is 5.56 Å². The second-order valence-corrected chi connectivity index (χ2v) is 4.99. The van der Waals surface area contributed by atoms with Gasteiger partial charge in [0.1, 0.15) is 0 Å². The summed E-state index contributed by atoms with van der Waals surface area (Å²) in [7, 11) is 0. The molecule has 0 aromatic heterocycles. The Bertz CT molecular complexity index is 431. The molecule has 1 aromatic carbocycles. The molecule has 0 aliphatic carbocycles. The highest BCUT2D eigenvalue weighted by atomic mass is 16.7. The van der Waals surface area contributed by atoms with Crippen LogP contribution in [0.3, 0.4) is 0 Å². The summed E-state index contributed by atoms with van der Waals surface area (Å²) in [5.41, 5.74) is 1.20. The van der Waals surface area contributed by atoms with Crippen molar-refractivity contribution in [3.8, 4) is 11.5 Å². The van der Waals surface area contributed by atoms with Crippen molar-refractivity contribution in [2.45, 2.75) is 6.54 Å². The summed E-state index contributed by atoms with van der Waals surface area (Å²) in [4.78, 5) is 4.72. The van der Waals surface area contributed by atoms with E-state index in [0.29, 0.717) is 6.79 Å². The molecule has 0 unspecified atom stereocenters. The van der Waals surface area contributed by atoms with Crippen LogP contribution >= 0.6 is 0 Å². The Morgan fingerprint density at radius 1 is 1.05 bits per heavy atom. The molecule has 5 nitrogen and oxygen atoms in total. The molecule has 2 heterocycles. The lowest BCUT2D eigenvalue weighted by Gasteiger charge is -2.34. The molecule has 1 saturated heterocycles. The first-order valence-corrected chi connectivity index (χ1v) is 6.80. The summed E-state index contributed by atoms with van der Waals surface area (Å²) in [6, 6.07) is 6.07. The van der Waals surface area contributed by atoms with E-state index in [1.54, 1.807) is 0 Å². The van der Waals surface area contributed by atoms with Gasteiger partial charge < -0.3 is 14.6 Å². The van der Waals surface area contributed by atoms with E-state index in [1.807, 2.05) is 12.1 Å². The number of ether oxygens (including phenoxy) is 2. The Hall–Kier alpha value is -1.30. The highest BCUT2D eigenvalue weighted by Gasteiger charge is 2.21. The van der Waals surface area contributed by atoms with Crippen molar-refractivity contribution in [1.29, 1.82) is 0 Å². The average Bonchev–Trinajstić information content (AvgIpc) is 2.91. The maximum atomic E-state index is 8.94. The van der Waals surface area contributed by atoms with Gasteiger partial charge in [-0.05, 0) is 6.07 Å². The fraction of sp³-hybridized carbons (Fsp3) is 0.571. The average molecular weight is 264 g/mol. The number of para-hydroxylation sites is 1. The van der Waals surface area contributed by atoms with Crippen molar-refractivity contribution >= 4 is 0 Å². The monoisotopic (exact) mass is 264 g/mol. The molecule has 0 bridgehead atoms. The summed E-state index contributed by atoms with van der Waals surface area (Å²) in [6.07, 6.45) is 0. The molecule has 0 atom stereocenters. The number of fused-ring (bicyclic) bond motifs is 1. The molecule has 19 heavy (non-hydrogen) atoms. The van der Waals surface area contributed by atoms with Gasteiger partial charge in [-0.1, -0.05) is 12.1 Å². The van der Waals surface area contributed by atoms with Gasteiger partial charge in [-0.3, -0.25) is 9.80 Å². The maximum absolute atomic E-state index is 8.94. The third kappa shape index (κ3) is 2.83. The van der Waals surface area contributed by atoms with E-state index in [0.717, 1.165) is 50.8 Å². The molecular weight excluding hydrogens is 244 g/mol. The minimum Gasteiger partial charge on any atom is -0.454 e. The Morgan fingerprint density at radius 2 is 1.84 bits per heavy atom. The lowest BCUT2D eigenvalue weighted by Crippen LogP contribution is -2.46. The lowest BCUT2D eigenvalue weighted by molar-refractivity contribution is 0.107. The number of aliphatic hydroxyl groups is 1. The molecule has 2 aliphatic rings. The molecule has 0 radical (unpaired) electrons. The molecule has 1 N–H and O–H groups in total. The molecule has 0 saturated carbocycles. The number of aliphatic hydroxyl groups excluding tert-OH is 1. The predicted octanol–water partition coefficient (Wildman–Crippen LogP) is 0.525. The first kappa shape index (κ1) is 12.7. The third-order valence-corrected chi connectivity index (χ3v) is 3.75. The van der Waals surface area contributed by atoms with Gasteiger partial charge in [-0.15, -0.1) is 0 Å². The summed E-state index contributed by atoms with van der Waals surface area (Å²) < 4.78 is 10.9. The van der Waals surface area contributed by atoms with Gasteiger partial charge in [0, 0.05) is 44.8 Å². The van der Waals surface area contributed by atoms with Crippen LogP contribution in [0.4, 0.5) is 0 Å². The van der Waals surface area contributed by atoms with Crippen LogP contribution in [0.1, 0.15) is 5.56 Å². The van der Waals surface area contributed by atoms with E-state index < -0.39 is 0 Å².